The van der Waals surface area contributed by atoms with Crippen LogP contribution < -0.4 is 10.1 Å². The summed E-state index contributed by atoms with van der Waals surface area (Å²) in [5.74, 6) is 1.54. The van der Waals surface area contributed by atoms with Gasteiger partial charge in [-0.2, -0.15) is 5.06 Å². The van der Waals surface area contributed by atoms with Crippen LogP contribution in [0.4, 0.5) is 0 Å². The SMILES string of the molecule is C=CCOc1c(I)cccc1CN1O[C@@H](CO)[C@@H]([C@H](C)O)[C@H]1C(=O)NC[C@@H](C)[C@H]1C[C@@H](C)C1(C)C. The number of hydrogen-bond acceptors (Lipinski definition) is 6. The Kier molecular flexibility index (Phi) is 9.64. The van der Waals surface area contributed by atoms with E-state index in [4.69, 9.17) is 9.57 Å². The molecule has 3 N–H and O–H groups in total. The number of aliphatic hydroxyl groups is 2. The Labute approximate surface area is 223 Å². The van der Waals surface area contributed by atoms with Crippen LogP contribution in [0.5, 0.6) is 5.75 Å². The summed E-state index contributed by atoms with van der Waals surface area (Å²) in [6, 6.07) is 5.08. The van der Waals surface area contributed by atoms with Gasteiger partial charge in [0.1, 0.15) is 24.5 Å². The quantitative estimate of drug-likeness (QED) is 0.265. The van der Waals surface area contributed by atoms with E-state index in [9.17, 15) is 15.0 Å². The Balaban J connectivity index is 1.79. The highest BCUT2D eigenvalue weighted by Crippen LogP contribution is 2.54. The van der Waals surface area contributed by atoms with Crippen molar-refractivity contribution in [2.45, 2.75) is 65.8 Å². The second-order valence-electron chi connectivity index (χ2n) is 10.8. The highest BCUT2D eigenvalue weighted by Gasteiger charge is 2.50. The van der Waals surface area contributed by atoms with Crippen molar-refractivity contribution >= 4 is 28.5 Å². The fourth-order valence-electron chi connectivity index (χ4n) is 5.69. The summed E-state index contributed by atoms with van der Waals surface area (Å²) in [7, 11) is 0. The van der Waals surface area contributed by atoms with Crippen LogP contribution in [0.1, 0.15) is 46.6 Å². The lowest BCUT2D eigenvalue weighted by molar-refractivity contribution is -0.182. The number of carbonyl (C=O) groups excluding carboxylic acids is 1. The van der Waals surface area contributed by atoms with E-state index in [0.29, 0.717) is 36.7 Å². The maximum atomic E-state index is 13.5. The lowest BCUT2D eigenvalue weighted by Crippen LogP contribution is -2.52. The number of para-hydroxylation sites is 1. The molecule has 1 aromatic rings. The van der Waals surface area contributed by atoms with Crippen molar-refractivity contribution in [1.29, 1.82) is 0 Å². The summed E-state index contributed by atoms with van der Waals surface area (Å²) in [4.78, 5) is 19.6. The van der Waals surface area contributed by atoms with E-state index in [1.807, 2.05) is 18.2 Å². The van der Waals surface area contributed by atoms with E-state index in [2.05, 4.69) is 62.2 Å². The van der Waals surface area contributed by atoms with Gasteiger partial charge in [-0.05, 0) is 65.2 Å². The summed E-state index contributed by atoms with van der Waals surface area (Å²) < 4.78 is 6.84. The maximum absolute atomic E-state index is 13.5. The zero-order valence-corrected chi connectivity index (χ0v) is 23.7. The Hall–Kier alpha value is -1.20. The number of ether oxygens (including phenoxy) is 1. The Morgan fingerprint density at radius 3 is 2.71 bits per heavy atom. The standard InChI is InChI=1S/C27H41IN2O5/c1-7-11-34-25-19(9-8-10-21(25)28)14-30-24(23(18(4)32)22(15-31)35-30)26(33)29-13-16(2)20-12-17(3)27(20,5)6/h7-10,16-18,20,22-24,31-32H,1,11-15H2,2-6H3,(H,29,33)/t16-,17-,18+,20-,22+,23-,24+/m1/s1. The van der Waals surface area contributed by atoms with Crippen molar-refractivity contribution in [2.24, 2.45) is 29.1 Å². The van der Waals surface area contributed by atoms with E-state index >= 15 is 0 Å². The topological polar surface area (TPSA) is 91.3 Å². The Morgan fingerprint density at radius 1 is 1.43 bits per heavy atom. The average molecular weight is 601 g/mol. The molecule has 196 valence electrons. The first-order chi connectivity index (χ1) is 16.5. The third-order valence-electron chi connectivity index (χ3n) is 8.22. The molecule has 0 aromatic heterocycles. The molecule has 1 aromatic carbocycles. The Bertz CT molecular complexity index is 892. The van der Waals surface area contributed by atoms with Gasteiger partial charge in [-0.25, -0.2) is 0 Å². The van der Waals surface area contributed by atoms with E-state index < -0.39 is 24.2 Å². The monoisotopic (exact) mass is 600 g/mol. The van der Waals surface area contributed by atoms with Crippen LogP contribution in [0, 0.1) is 32.7 Å². The van der Waals surface area contributed by atoms with Crippen molar-refractivity contribution in [3.05, 3.63) is 40.0 Å². The molecule has 7 nitrogen and oxygen atoms in total. The number of benzene rings is 1. The fraction of sp³-hybridized carbons (Fsp3) is 0.667. The summed E-state index contributed by atoms with van der Waals surface area (Å²) in [6.45, 7) is 15.4. The number of aliphatic hydroxyl groups excluding tert-OH is 2. The predicted molar refractivity (Wildman–Crippen MR) is 145 cm³/mol. The van der Waals surface area contributed by atoms with Crippen molar-refractivity contribution in [3.63, 3.8) is 0 Å². The molecule has 1 saturated carbocycles. The van der Waals surface area contributed by atoms with Crippen LogP contribution in [0.3, 0.4) is 0 Å². The van der Waals surface area contributed by atoms with Gasteiger partial charge in [0.15, 0.2) is 0 Å². The van der Waals surface area contributed by atoms with Gasteiger partial charge in [0.2, 0.25) is 5.91 Å². The number of rotatable bonds is 11. The summed E-state index contributed by atoms with van der Waals surface area (Å²) >= 11 is 2.22. The molecule has 1 aliphatic heterocycles. The molecule has 0 radical (unpaired) electrons. The van der Waals surface area contributed by atoms with E-state index in [1.54, 1.807) is 18.1 Å². The molecular formula is C27H41IN2O5. The highest BCUT2D eigenvalue weighted by atomic mass is 127. The number of hydrogen-bond donors (Lipinski definition) is 3. The van der Waals surface area contributed by atoms with Crippen molar-refractivity contribution in [1.82, 2.24) is 10.4 Å². The maximum Gasteiger partial charge on any atom is 0.240 e. The number of carbonyl (C=O) groups is 1. The molecule has 7 atom stereocenters. The first kappa shape index (κ1) is 28.4. The Morgan fingerprint density at radius 2 is 2.14 bits per heavy atom. The molecule has 0 bridgehead atoms. The minimum absolute atomic E-state index is 0.192. The van der Waals surface area contributed by atoms with E-state index in [-0.39, 0.29) is 24.5 Å². The van der Waals surface area contributed by atoms with Gasteiger partial charge in [-0.15, -0.1) is 0 Å². The second-order valence-corrected chi connectivity index (χ2v) is 11.9. The number of nitrogens with zero attached hydrogens (tertiary/aromatic N) is 1. The molecule has 2 fully saturated rings. The van der Waals surface area contributed by atoms with Gasteiger partial charge in [0.05, 0.1) is 22.8 Å². The molecule has 3 rings (SSSR count). The first-order valence-corrected chi connectivity index (χ1v) is 13.6. The molecule has 1 saturated heterocycles. The molecule has 0 unspecified atom stereocenters. The predicted octanol–water partition coefficient (Wildman–Crippen LogP) is 3.76. The smallest absolute Gasteiger partial charge is 0.240 e. The lowest BCUT2D eigenvalue weighted by atomic mass is 9.52. The van der Waals surface area contributed by atoms with Gasteiger partial charge in [0.25, 0.3) is 0 Å². The van der Waals surface area contributed by atoms with Crippen molar-refractivity contribution in [3.8, 4) is 5.75 Å². The third-order valence-corrected chi connectivity index (χ3v) is 9.07. The number of amides is 1. The minimum atomic E-state index is -0.830. The first-order valence-electron chi connectivity index (χ1n) is 12.5. The number of halogens is 1. The number of nitrogens with one attached hydrogen (secondary N) is 1. The second kappa shape index (κ2) is 11.9. The summed E-state index contributed by atoms with van der Waals surface area (Å²) in [5, 5.41) is 25.2. The van der Waals surface area contributed by atoms with Crippen LogP contribution in [0.15, 0.2) is 30.9 Å². The van der Waals surface area contributed by atoms with Crippen LogP contribution in [0.25, 0.3) is 0 Å². The summed E-state index contributed by atoms with van der Waals surface area (Å²) in [6.07, 6.45) is 1.36. The van der Waals surface area contributed by atoms with Crippen LogP contribution in [0.2, 0.25) is 0 Å². The molecule has 1 aliphatic carbocycles. The van der Waals surface area contributed by atoms with Gasteiger partial charge in [0, 0.05) is 18.0 Å². The van der Waals surface area contributed by atoms with Gasteiger partial charge in [-0.1, -0.05) is 52.5 Å². The van der Waals surface area contributed by atoms with Crippen molar-refractivity contribution < 1.29 is 24.6 Å². The zero-order chi connectivity index (χ0) is 25.9. The van der Waals surface area contributed by atoms with Crippen LogP contribution >= 0.6 is 22.6 Å². The molecule has 2 aliphatic rings. The summed E-state index contributed by atoms with van der Waals surface area (Å²) in [5.41, 5.74) is 1.13. The highest BCUT2D eigenvalue weighted by molar-refractivity contribution is 14.1. The molecule has 1 amide bonds. The third kappa shape index (κ3) is 6.04. The van der Waals surface area contributed by atoms with E-state index in [1.165, 1.54) is 6.42 Å². The molecule has 8 heteroatoms. The van der Waals surface area contributed by atoms with Gasteiger partial charge >= 0.3 is 0 Å². The van der Waals surface area contributed by atoms with Gasteiger partial charge < -0.3 is 20.3 Å². The molecule has 1 heterocycles. The zero-order valence-electron chi connectivity index (χ0n) is 21.5. The largest absolute Gasteiger partial charge is 0.488 e. The molecular weight excluding hydrogens is 559 g/mol. The normalized spacial score (nSPS) is 29.8. The van der Waals surface area contributed by atoms with Gasteiger partial charge in [-0.3, -0.25) is 9.63 Å². The fourth-order valence-corrected chi connectivity index (χ4v) is 6.40. The van der Waals surface area contributed by atoms with Crippen molar-refractivity contribution in [2.75, 3.05) is 19.8 Å². The van der Waals surface area contributed by atoms with Crippen LogP contribution in [-0.4, -0.2) is 59.2 Å². The lowest BCUT2D eigenvalue weighted by Gasteiger charge is -2.53. The van der Waals surface area contributed by atoms with E-state index in [0.717, 1.165) is 9.13 Å². The number of hydroxylamine groups is 2. The average Bonchev–Trinajstić information content (AvgIpc) is 3.19. The minimum Gasteiger partial charge on any atom is -0.488 e. The molecule has 0 spiro atoms. The molecule has 35 heavy (non-hydrogen) atoms. The van der Waals surface area contributed by atoms with Crippen LogP contribution in [-0.2, 0) is 16.2 Å².